The summed E-state index contributed by atoms with van der Waals surface area (Å²) in [4.78, 5) is 31.4. The van der Waals surface area contributed by atoms with Gasteiger partial charge in [-0.15, -0.1) is 0 Å². The van der Waals surface area contributed by atoms with Crippen LogP contribution in [0.1, 0.15) is 64.8 Å². The summed E-state index contributed by atoms with van der Waals surface area (Å²) >= 11 is 0. The molecule has 0 spiro atoms. The van der Waals surface area contributed by atoms with Gasteiger partial charge >= 0.3 is 0 Å². The minimum absolute atomic E-state index is 0.241. The number of Topliss-reactive ketones (excluding diaryl/α,β-unsaturated/α-hetero) is 1. The van der Waals surface area contributed by atoms with E-state index < -0.39 is 0 Å². The number of carbonyl (C=O) groups is 1. The van der Waals surface area contributed by atoms with Crippen LogP contribution in [0, 0.1) is 18.8 Å². The molecule has 1 saturated carbocycles. The van der Waals surface area contributed by atoms with Crippen LogP contribution in [0.4, 0.5) is 0 Å². The molecule has 35 heavy (non-hydrogen) atoms. The summed E-state index contributed by atoms with van der Waals surface area (Å²) in [6.45, 7) is 3.58. The van der Waals surface area contributed by atoms with Crippen LogP contribution in [-0.2, 0) is 13.1 Å². The molecule has 1 fully saturated rings. The van der Waals surface area contributed by atoms with Crippen molar-refractivity contribution in [3.05, 3.63) is 89.1 Å². The topological polar surface area (TPSA) is 73.0 Å². The van der Waals surface area contributed by atoms with Gasteiger partial charge < -0.3 is 4.57 Å². The highest BCUT2D eigenvalue weighted by atomic mass is 16.1. The fraction of sp³-hybridized carbons (Fsp3) is 0.345. The third kappa shape index (κ3) is 4.41. The Balaban J connectivity index is 1.14. The molecule has 4 aromatic rings. The first kappa shape index (κ1) is 21.8. The molecule has 2 atom stereocenters. The maximum Gasteiger partial charge on any atom is 0.163 e. The number of benzene rings is 1. The minimum atomic E-state index is 0.241. The molecule has 2 aliphatic rings. The Bertz CT molecular complexity index is 1440. The Morgan fingerprint density at radius 1 is 1.03 bits per heavy atom. The van der Waals surface area contributed by atoms with Crippen molar-refractivity contribution in [1.82, 2.24) is 19.5 Å². The molecule has 0 saturated heterocycles. The van der Waals surface area contributed by atoms with Crippen LogP contribution >= 0.6 is 0 Å². The molecule has 6 heteroatoms. The summed E-state index contributed by atoms with van der Waals surface area (Å²) in [5, 5.41) is 0. The molecular weight excluding hydrogens is 434 g/mol. The van der Waals surface area contributed by atoms with Gasteiger partial charge in [-0.3, -0.25) is 14.8 Å². The first-order valence-electron chi connectivity index (χ1n) is 12.5. The van der Waals surface area contributed by atoms with E-state index in [0.717, 1.165) is 58.6 Å². The molecule has 2 unspecified atom stereocenters. The van der Waals surface area contributed by atoms with Gasteiger partial charge in [0.05, 0.1) is 18.6 Å². The third-order valence-corrected chi connectivity index (χ3v) is 7.46. The van der Waals surface area contributed by atoms with Crippen molar-refractivity contribution in [2.75, 3.05) is 0 Å². The number of nitrogens with zero attached hydrogens (tertiary/aromatic N) is 5. The molecule has 0 N–H and O–H groups in total. The normalized spacial score (nSPS) is 19.5. The Morgan fingerprint density at radius 2 is 1.94 bits per heavy atom. The smallest absolute Gasteiger partial charge is 0.163 e. The van der Waals surface area contributed by atoms with Crippen molar-refractivity contribution >= 4 is 22.7 Å². The summed E-state index contributed by atoms with van der Waals surface area (Å²) in [7, 11) is 0. The lowest BCUT2D eigenvalue weighted by molar-refractivity contribution is 0.0937. The van der Waals surface area contributed by atoms with Gasteiger partial charge in [-0.05, 0) is 73.9 Å². The van der Waals surface area contributed by atoms with Gasteiger partial charge in [0, 0.05) is 47.7 Å². The number of pyridine rings is 2. The summed E-state index contributed by atoms with van der Waals surface area (Å²) < 4.78 is 2.17. The zero-order valence-corrected chi connectivity index (χ0v) is 20.0. The molecular formula is C29H29N5O. The first-order valence-corrected chi connectivity index (χ1v) is 12.5. The average Bonchev–Trinajstić information content (AvgIpc) is 3.48. The molecule has 176 valence electrons. The van der Waals surface area contributed by atoms with E-state index in [-0.39, 0.29) is 5.78 Å². The molecule has 1 aliphatic heterocycles. The molecule has 0 radical (unpaired) electrons. The second-order valence-electron chi connectivity index (χ2n) is 9.99. The average molecular weight is 464 g/mol. The van der Waals surface area contributed by atoms with Crippen molar-refractivity contribution in [3.8, 4) is 0 Å². The Labute approximate surface area is 205 Å². The number of hydrogen-bond donors (Lipinski definition) is 0. The SMILES string of the molecule is Cc1cc(C2=NCc3ccc(C(=O)CC4CCCC(Cn5cnc6cccnc65)C4)cc32)ccn1. The molecule has 1 aliphatic carbocycles. The van der Waals surface area contributed by atoms with Crippen molar-refractivity contribution in [2.24, 2.45) is 16.8 Å². The molecule has 0 bridgehead atoms. The molecule has 1 aromatic carbocycles. The zero-order valence-electron chi connectivity index (χ0n) is 20.0. The Morgan fingerprint density at radius 3 is 2.86 bits per heavy atom. The van der Waals surface area contributed by atoms with Gasteiger partial charge in [-0.1, -0.05) is 18.6 Å². The van der Waals surface area contributed by atoms with Gasteiger partial charge in [-0.2, -0.15) is 0 Å². The molecule has 6 nitrogen and oxygen atoms in total. The van der Waals surface area contributed by atoms with E-state index in [1.807, 2.05) is 49.9 Å². The minimum Gasteiger partial charge on any atom is -0.315 e. The number of imidazole rings is 1. The van der Waals surface area contributed by atoms with Crippen LogP contribution in [0.15, 0.2) is 66.2 Å². The van der Waals surface area contributed by atoms with Crippen LogP contribution in [0.5, 0.6) is 0 Å². The van der Waals surface area contributed by atoms with Gasteiger partial charge in [0.1, 0.15) is 5.52 Å². The largest absolute Gasteiger partial charge is 0.315 e. The predicted molar refractivity (Wildman–Crippen MR) is 137 cm³/mol. The van der Waals surface area contributed by atoms with Crippen LogP contribution < -0.4 is 0 Å². The highest BCUT2D eigenvalue weighted by Crippen LogP contribution is 2.34. The second-order valence-corrected chi connectivity index (χ2v) is 9.99. The van der Waals surface area contributed by atoms with E-state index in [9.17, 15) is 4.79 Å². The molecule has 6 rings (SSSR count). The van der Waals surface area contributed by atoms with E-state index in [4.69, 9.17) is 4.99 Å². The van der Waals surface area contributed by atoms with Crippen molar-refractivity contribution in [1.29, 1.82) is 0 Å². The number of ketones is 1. The summed E-state index contributed by atoms with van der Waals surface area (Å²) in [5.74, 6) is 1.22. The summed E-state index contributed by atoms with van der Waals surface area (Å²) in [6.07, 6.45) is 10.7. The highest BCUT2D eigenvalue weighted by molar-refractivity contribution is 6.16. The lowest BCUT2D eigenvalue weighted by Gasteiger charge is -2.29. The number of hydrogen-bond acceptors (Lipinski definition) is 5. The number of fused-ring (bicyclic) bond motifs is 2. The molecule has 0 amide bonds. The van der Waals surface area contributed by atoms with Crippen LogP contribution in [-0.4, -0.2) is 31.0 Å². The van der Waals surface area contributed by atoms with E-state index >= 15 is 0 Å². The van der Waals surface area contributed by atoms with Crippen LogP contribution in [0.3, 0.4) is 0 Å². The lowest BCUT2D eigenvalue weighted by Crippen LogP contribution is -2.22. The summed E-state index contributed by atoms with van der Waals surface area (Å²) in [5.41, 5.74) is 7.97. The number of aryl methyl sites for hydroxylation is 1. The van der Waals surface area contributed by atoms with Crippen LogP contribution in [0.2, 0.25) is 0 Å². The highest BCUT2D eigenvalue weighted by Gasteiger charge is 2.26. The van der Waals surface area contributed by atoms with Gasteiger partial charge in [-0.25, -0.2) is 9.97 Å². The Kier molecular flexibility index (Phi) is 5.72. The number of rotatable bonds is 6. The maximum absolute atomic E-state index is 13.3. The number of aliphatic imine (C=N–C) groups is 1. The number of aromatic nitrogens is 4. The van der Waals surface area contributed by atoms with Crippen molar-refractivity contribution < 1.29 is 4.79 Å². The number of carbonyl (C=O) groups excluding carboxylic acids is 1. The van der Waals surface area contributed by atoms with Gasteiger partial charge in [0.2, 0.25) is 0 Å². The quantitative estimate of drug-likeness (QED) is 0.351. The van der Waals surface area contributed by atoms with E-state index in [0.29, 0.717) is 24.8 Å². The standard InChI is InChI=1S/C29H29N5O/c1-19-12-23(9-11-30-19)28-25-15-22(7-8-24(25)16-32-28)27(35)14-20-4-2-5-21(13-20)17-34-18-33-26-6-3-10-31-29(26)34/h3,6-12,15,18,20-21H,2,4-5,13-14,16-17H2,1H3. The maximum atomic E-state index is 13.3. The fourth-order valence-electron chi connectivity index (χ4n) is 5.74. The van der Waals surface area contributed by atoms with E-state index in [2.05, 4.69) is 37.7 Å². The Hall–Kier alpha value is -3.67. The molecule has 4 heterocycles. The van der Waals surface area contributed by atoms with E-state index in [1.165, 1.54) is 18.4 Å². The summed E-state index contributed by atoms with van der Waals surface area (Å²) in [6, 6.07) is 14.1. The zero-order chi connectivity index (χ0) is 23.8. The molecule has 3 aromatic heterocycles. The van der Waals surface area contributed by atoms with Gasteiger partial charge in [0.25, 0.3) is 0 Å². The monoisotopic (exact) mass is 463 g/mol. The van der Waals surface area contributed by atoms with Gasteiger partial charge in [0.15, 0.2) is 11.4 Å². The fourth-order valence-corrected chi connectivity index (χ4v) is 5.74. The van der Waals surface area contributed by atoms with Crippen LogP contribution in [0.25, 0.3) is 11.2 Å². The second kappa shape index (κ2) is 9.17. The first-order chi connectivity index (χ1) is 17.1. The lowest BCUT2D eigenvalue weighted by atomic mass is 9.78. The van der Waals surface area contributed by atoms with Crippen molar-refractivity contribution in [3.63, 3.8) is 0 Å². The predicted octanol–water partition coefficient (Wildman–Crippen LogP) is 5.57. The van der Waals surface area contributed by atoms with E-state index in [1.54, 1.807) is 0 Å². The third-order valence-electron chi connectivity index (χ3n) is 7.46. The van der Waals surface area contributed by atoms with Crippen molar-refractivity contribution in [2.45, 2.75) is 52.1 Å².